The number of halogens is 1. The summed E-state index contributed by atoms with van der Waals surface area (Å²) in [5, 5.41) is 10.6. The number of nitro benzene ring substituents is 1. The van der Waals surface area contributed by atoms with E-state index in [0.29, 0.717) is 11.1 Å². The largest absolute Gasteiger partial charge is 0.457 e. The predicted octanol–water partition coefficient (Wildman–Crippen LogP) is 3.09. The lowest BCUT2D eigenvalue weighted by Gasteiger charge is -2.05. The fourth-order valence-electron chi connectivity index (χ4n) is 1.59. The molecule has 102 valence electrons. The van der Waals surface area contributed by atoms with Gasteiger partial charge in [-0.15, -0.1) is 0 Å². The highest BCUT2D eigenvalue weighted by molar-refractivity contribution is 5.89. The lowest BCUT2D eigenvalue weighted by molar-refractivity contribution is -0.387. The van der Waals surface area contributed by atoms with Crippen molar-refractivity contribution in [3.05, 3.63) is 75.6 Å². The molecule has 6 heteroatoms. The van der Waals surface area contributed by atoms with E-state index in [9.17, 15) is 19.3 Å². The summed E-state index contributed by atoms with van der Waals surface area (Å²) in [6, 6.07) is 11.7. The summed E-state index contributed by atoms with van der Waals surface area (Å²) in [6.45, 7) is -0.158. The molecule has 0 spiro atoms. The van der Waals surface area contributed by atoms with E-state index in [1.165, 1.54) is 6.07 Å². The zero-order valence-corrected chi connectivity index (χ0v) is 10.3. The molecule has 2 aromatic carbocycles. The maximum absolute atomic E-state index is 13.1. The highest BCUT2D eigenvalue weighted by Crippen LogP contribution is 2.19. The third kappa shape index (κ3) is 3.17. The van der Waals surface area contributed by atoms with Gasteiger partial charge in [0.15, 0.2) is 0 Å². The van der Waals surface area contributed by atoms with E-state index in [-0.39, 0.29) is 6.61 Å². The first-order valence-corrected chi connectivity index (χ1v) is 5.73. The lowest BCUT2D eigenvalue weighted by atomic mass is 10.2. The molecule has 0 fully saturated rings. The van der Waals surface area contributed by atoms with E-state index < -0.39 is 22.4 Å². The van der Waals surface area contributed by atoms with Crippen LogP contribution in [0, 0.1) is 15.9 Å². The highest BCUT2D eigenvalue weighted by atomic mass is 19.1. The fraction of sp³-hybridized carbons (Fsp3) is 0.0714. The molecule has 2 aromatic rings. The van der Waals surface area contributed by atoms with E-state index >= 15 is 0 Å². The molecular weight excluding hydrogens is 265 g/mol. The van der Waals surface area contributed by atoms with Gasteiger partial charge >= 0.3 is 11.7 Å². The molecule has 0 heterocycles. The summed E-state index contributed by atoms with van der Waals surface area (Å²) in [4.78, 5) is 21.4. The standard InChI is InChI=1S/C14H10FNO4/c15-12-7-6-10(8-13(12)16(18)19)9-20-14(17)11-4-2-1-3-5-11/h1-8H,9H2. The minimum absolute atomic E-state index is 0.158. The third-order valence-corrected chi connectivity index (χ3v) is 2.59. The summed E-state index contributed by atoms with van der Waals surface area (Å²) >= 11 is 0. The van der Waals surface area contributed by atoms with Crippen molar-refractivity contribution in [1.82, 2.24) is 0 Å². The minimum atomic E-state index is -0.923. The van der Waals surface area contributed by atoms with Crippen LogP contribution in [0.2, 0.25) is 0 Å². The Hall–Kier alpha value is -2.76. The van der Waals surface area contributed by atoms with Crippen LogP contribution < -0.4 is 0 Å². The van der Waals surface area contributed by atoms with Crippen LogP contribution in [0.5, 0.6) is 0 Å². The highest BCUT2D eigenvalue weighted by Gasteiger charge is 2.15. The third-order valence-electron chi connectivity index (χ3n) is 2.59. The quantitative estimate of drug-likeness (QED) is 0.488. The Morgan fingerprint density at radius 3 is 2.55 bits per heavy atom. The second-order valence-electron chi connectivity index (χ2n) is 3.99. The van der Waals surface area contributed by atoms with Crippen molar-refractivity contribution < 1.29 is 18.8 Å². The van der Waals surface area contributed by atoms with Gasteiger partial charge in [-0.25, -0.2) is 4.79 Å². The van der Waals surface area contributed by atoms with Gasteiger partial charge in [0.05, 0.1) is 10.5 Å². The van der Waals surface area contributed by atoms with E-state index in [0.717, 1.165) is 12.1 Å². The van der Waals surface area contributed by atoms with Crippen molar-refractivity contribution in [3.8, 4) is 0 Å². The molecular formula is C14H10FNO4. The molecule has 0 N–H and O–H groups in total. The normalized spacial score (nSPS) is 10.1. The number of esters is 1. The molecule has 0 aromatic heterocycles. The second-order valence-corrected chi connectivity index (χ2v) is 3.99. The Kier molecular flexibility index (Phi) is 4.05. The van der Waals surface area contributed by atoms with Crippen LogP contribution in [0.3, 0.4) is 0 Å². The first-order chi connectivity index (χ1) is 9.58. The zero-order valence-electron chi connectivity index (χ0n) is 10.3. The molecule has 0 aliphatic heterocycles. The van der Waals surface area contributed by atoms with Gasteiger partial charge in [0.25, 0.3) is 0 Å². The zero-order chi connectivity index (χ0) is 14.5. The van der Waals surface area contributed by atoms with Gasteiger partial charge in [-0.3, -0.25) is 10.1 Å². The molecule has 0 amide bonds. The van der Waals surface area contributed by atoms with Crippen molar-refractivity contribution in [2.75, 3.05) is 0 Å². The maximum Gasteiger partial charge on any atom is 0.338 e. The summed E-state index contributed by atoms with van der Waals surface area (Å²) < 4.78 is 18.1. The molecule has 0 radical (unpaired) electrons. The molecule has 0 bridgehead atoms. The number of rotatable bonds is 4. The van der Waals surface area contributed by atoms with Crippen LogP contribution in [-0.4, -0.2) is 10.9 Å². The number of nitrogens with zero attached hydrogens (tertiary/aromatic N) is 1. The maximum atomic E-state index is 13.1. The lowest BCUT2D eigenvalue weighted by Crippen LogP contribution is -2.05. The molecule has 5 nitrogen and oxygen atoms in total. The Balaban J connectivity index is 2.06. The van der Waals surface area contributed by atoms with Crippen molar-refractivity contribution in [2.24, 2.45) is 0 Å². The van der Waals surface area contributed by atoms with Crippen LogP contribution >= 0.6 is 0 Å². The predicted molar refractivity (Wildman–Crippen MR) is 68.6 cm³/mol. The van der Waals surface area contributed by atoms with Crippen molar-refractivity contribution >= 4 is 11.7 Å². The molecule has 0 atom stereocenters. The number of benzene rings is 2. The monoisotopic (exact) mass is 275 g/mol. The Labute approximate surface area is 113 Å². The van der Waals surface area contributed by atoms with Gasteiger partial charge in [0, 0.05) is 6.07 Å². The van der Waals surface area contributed by atoms with Crippen LogP contribution in [0.15, 0.2) is 48.5 Å². The average molecular weight is 275 g/mol. The first-order valence-electron chi connectivity index (χ1n) is 5.73. The van der Waals surface area contributed by atoms with Crippen molar-refractivity contribution in [1.29, 1.82) is 0 Å². The van der Waals surface area contributed by atoms with Crippen molar-refractivity contribution in [3.63, 3.8) is 0 Å². The number of nitro groups is 1. The van der Waals surface area contributed by atoms with Gasteiger partial charge in [-0.05, 0) is 23.8 Å². The van der Waals surface area contributed by atoms with Gasteiger partial charge in [0.2, 0.25) is 5.82 Å². The molecule has 0 unspecified atom stereocenters. The van der Waals surface area contributed by atoms with Crippen molar-refractivity contribution in [2.45, 2.75) is 6.61 Å². The number of ether oxygens (including phenoxy) is 1. The summed E-state index contributed by atoms with van der Waals surface area (Å²) in [6.07, 6.45) is 0. The summed E-state index contributed by atoms with van der Waals surface area (Å²) in [5.41, 5.74) is 0.0877. The number of carbonyl (C=O) groups excluding carboxylic acids is 1. The van der Waals surface area contributed by atoms with Gasteiger partial charge in [-0.1, -0.05) is 24.3 Å². The average Bonchev–Trinajstić information content (AvgIpc) is 2.46. The first kappa shape index (κ1) is 13.7. The Morgan fingerprint density at radius 1 is 1.20 bits per heavy atom. The topological polar surface area (TPSA) is 69.4 Å². The van der Waals surface area contributed by atoms with Gasteiger partial charge in [0.1, 0.15) is 6.61 Å². The molecule has 20 heavy (non-hydrogen) atoms. The minimum Gasteiger partial charge on any atom is -0.457 e. The molecule has 2 rings (SSSR count). The Morgan fingerprint density at radius 2 is 1.90 bits per heavy atom. The van der Waals surface area contributed by atoms with E-state index in [4.69, 9.17) is 4.74 Å². The molecule has 0 aliphatic carbocycles. The second kappa shape index (κ2) is 5.92. The molecule has 0 saturated carbocycles. The van der Waals surface area contributed by atoms with Crippen LogP contribution in [0.1, 0.15) is 15.9 Å². The number of hydrogen-bond donors (Lipinski definition) is 0. The summed E-state index contributed by atoms with van der Waals surface area (Å²) in [7, 11) is 0. The van der Waals surface area contributed by atoms with Crippen LogP contribution in [-0.2, 0) is 11.3 Å². The molecule has 0 saturated heterocycles. The van der Waals surface area contributed by atoms with E-state index in [1.807, 2.05) is 0 Å². The Bertz CT molecular complexity index is 643. The van der Waals surface area contributed by atoms with Gasteiger partial charge in [-0.2, -0.15) is 4.39 Å². The summed E-state index contributed by atoms with van der Waals surface area (Å²) in [5.74, 6) is -1.47. The van der Waals surface area contributed by atoms with E-state index in [2.05, 4.69) is 0 Å². The number of carbonyl (C=O) groups is 1. The SMILES string of the molecule is O=C(OCc1ccc(F)c([N+](=O)[O-])c1)c1ccccc1. The smallest absolute Gasteiger partial charge is 0.338 e. The number of hydrogen-bond acceptors (Lipinski definition) is 4. The fourth-order valence-corrected chi connectivity index (χ4v) is 1.59. The molecule has 0 aliphatic rings. The van der Waals surface area contributed by atoms with Crippen LogP contribution in [0.4, 0.5) is 10.1 Å². The van der Waals surface area contributed by atoms with E-state index in [1.54, 1.807) is 30.3 Å². The van der Waals surface area contributed by atoms with Gasteiger partial charge < -0.3 is 4.74 Å². The van der Waals surface area contributed by atoms with Crippen LogP contribution in [0.25, 0.3) is 0 Å².